The summed E-state index contributed by atoms with van der Waals surface area (Å²) in [7, 11) is 0. The van der Waals surface area contributed by atoms with Crippen LogP contribution in [0.1, 0.15) is 37.7 Å². The van der Waals surface area contributed by atoms with E-state index in [9.17, 15) is 0 Å². The summed E-state index contributed by atoms with van der Waals surface area (Å²) in [6.45, 7) is 6.43. The molecule has 0 spiro atoms. The average molecular weight is 352 g/mol. The highest BCUT2D eigenvalue weighted by Crippen LogP contribution is 2.18. The second kappa shape index (κ2) is 8.65. The number of unbranched alkanes of at least 4 members (excludes halogenated alkanes) is 1. The van der Waals surface area contributed by atoms with Gasteiger partial charge in [0.2, 0.25) is 0 Å². The topological polar surface area (TPSA) is 59.0 Å². The van der Waals surface area contributed by atoms with Crippen molar-refractivity contribution in [1.82, 2.24) is 24.6 Å². The van der Waals surface area contributed by atoms with Crippen molar-refractivity contribution in [3.63, 3.8) is 0 Å². The zero-order valence-electron chi connectivity index (χ0n) is 14.2. The van der Waals surface area contributed by atoms with Gasteiger partial charge >= 0.3 is 0 Å². The number of aryl methyl sites for hydroxylation is 1. The van der Waals surface area contributed by atoms with E-state index in [0.717, 1.165) is 70.0 Å². The van der Waals surface area contributed by atoms with Crippen LogP contribution in [0.4, 0.5) is 0 Å². The molecule has 3 heterocycles. The molecule has 0 aliphatic carbocycles. The van der Waals surface area contributed by atoms with Gasteiger partial charge in [-0.05, 0) is 18.9 Å². The number of hydrogen-bond donors (Lipinski definition) is 1. The van der Waals surface area contributed by atoms with Crippen molar-refractivity contribution < 1.29 is 4.74 Å². The fraction of sp³-hybridized carbons (Fsp3) is 0.647. The zero-order chi connectivity index (χ0) is 16.8. The van der Waals surface area contributed by atoms with Crippen LogP contribution in [0.5, 0.6) is 0 Å². The van der Waals surface area contributed by atoms with Crippen LogP contribution in [0, 0.1) is 0 Å². The Morgan fingerprint density at radius 2 is 2.38 bits per heavy atom. The Bertz CT molecular complexity index is 613. The lowest BCUT2D eigenvalue weighted by Gasteiger charge is -2.23. The maximum absolute atomic E-state index is 6.32. The number of imidazole rings is 1. The molecule has 2 aromatic rings. The predicted molar refractivity (Wildman–Crippen MR) is 94.1 cm³/mol. The third-order valence-corrected chi connectivity index (χ3v) is 4.62. The number of aromatic amines is 1. The first-order chi connectivity index (χ1) is 11.7. The molecule has 6 nitrogen and oxygen atoms in total. The predicted octanol–water partition coefficient (Wildman–Crippen LogP) is 2.89. The van der Waals surface area contributed by atoms with E-state index in [1.165, 1.54) is 0 Å². The summed E-state index contributed by atoms with van der Waals surface area (Å²) < 4.78 is 7.90. The van der Waals surface area contributed by atoms with E-state index >= 15 is 0 Å². The molecule has 1 fully saturated rings. The summed E-state index contributed by atoms with van der Waals surface area (Å²) in [6.07, 6.45) is 8.21. The quantitative estimate of drug-likeness (QED) is 0.833. The summed E-state index contributed by atoms with van der Waals surface area (Å²) in [5.74, 6) is 0.996. The average Bonchev–Trinajstić information content (AvgIpc) is 3.13. The Labute approximate surface area is 148 Å². The van der Waals surface area contributed by atoms with Gasteiger partial charge in [-0.25, -0.2) is 4.98 Å². The maximum Gasteiger partial charge on any atom is 0.151 e. The Hall–Kier alpha value is -1.37. The Morgan fingerprint density at radius 1 is 1.46 bits per heavy atom. The van der Waals surface area contributed by atoms with Crippen molar-refractivity contribution in [2.75, 3.05) is 19.7 Å². The zero-order valence-corrected chi connectivity index (χ0v) is 15.0. The first-order valence-electron chi connectivity index (χ1n) is 8.79. The van der Waals surface area contributed by atoms with E-state index in [2.05, 4.69) is 26.9 Å². The standard InChI is InChI=1S/C17H26ClN5O/c1-2-3-6-16-20-15(17(18)21-16)13-22-8-5-10-24-14(11-22)12-23-9-4-7-19-23/h4,7,9,14H,2-3,5-6,8,10-13H2,1H3,(H,20,21). The van der Waals surface area contributed by atoms with Crippen LogP contribution in [0.15, 0.2) is 18.5 Å². The minimum Gasteiger partial charge on any atom is -0.375 e. The van der Waals surface area contributed by atoms with Crippen molar-refractivity contribution in [2.45, 2.75) is 51.8 Å². The number of nitrogens with zero attached hydrogens (tertiary/aromatic N) is 4. The molecular weight excluding hydrogens is 326 g/mol. The molecule has 1 unspecified atom stereocenters. The highest BCUT2D eigenvalue weighted by atomic mass is 35.5. The van der Waals surface area contributed by atoms with E-state index in [1.54, 1.807) is 6.20 Å². The van der Waals surface area contributed by atoms with Crippen molar-refractivity contribution in [3.05, 3.63) is 35.1 Å². The van der Waals surface area contributed by atoms with Crippen LogP contribution < -0.4 is 0 Å². The van der Waals surface area contributed by atoms with Gasteiger partial charge in [0.15, 0.2) is 5.15 Å². The van der Waals surface area contributed by atoms with Crippen LogP contribution >= 0.6 is 11.6 Å². The summed E-state index contributed by atoms with van der Waals surface area (Å²) in [5, 5.41) is 4.88. The number of hydrogen-bond acceptors (Lipinski definition) is 4. The molecule has 3 rings (SSSR count). The highest BCUT2D eigenvalue weighted by Gasteiger charge is 2.21. The van der Waals surface area contributed by atoms with Crippen LogP contribution in [-0.2, 0) is 24.2 Å². The van der Waals surface area contributed by atoms with E-state index in [1.807, 2.05) is 16.9 Å². The molecule has 1 aliphatic heterocycles. The van der Waals surface area contributed by atoms with Gasteiger partial charge in [0.1, 0.15) is 5.82 Å². The molecule has 0 aromatic carbocycles. The fourth-order valence-electron chi connectivity index (χ4n) is 3.07. The second-order valence-electron chi connectivity index (χ2n) is 6.37. The molecule has 0 bridgehead atoms. The second-order valence-corrected chi connectivity index (χ2v) is 6.72. The highest BCUT2D eigenvalue weighted by molar-refractivity contribution is 6.30. The molecular formula is C17H26ClN5O. The summed E-state index contributed by atoms with van der Waals surface area (Å²) in [5.41, 5.74) is 1.02. The fourth-order valence-corrected chi connectivity index (χ4v) is 3.28. The smallest absolute Gasteiger partial charge is 0.151 e. The first-order valence-corrected chi connectivity index (χ1v) is 9.17. The molecule has 132 valence electrons. The van der Waals surface area contributed by atoms with E-state index < -0.39 is 0 Å². The van der Waals surface area contributed by atoms with Gasteiger partial charge in [-0.2, -0.15) is 5.10 Å². The molecule has 1 saturated heterocycles. The summed E-state index contributed by atoms with van der Waals surface area (Å²) in [4.78, 5) is 10.2. The molecule has 2 aromatic heterocycles. The number of nitrogens with one attached hydrogen (secondary N) is 1. The largest absolute Gasteiger partial charge is 0.375 e. The van der Waals surface area contributed by atoms with Gasteiger partial charge in [0.05, 0.1) is 18.3 Å². The van der Waals surface area contributed by atoms with Gasteiger partial charge in [0.25, 0.3) is 0 Å². The van der Waals surface area contributed by atoms with Crippen LogP contribution in [0.25, 0.3) is 0 Å². The molecule has 0 saturated carbocycles. The molecule has 0 amide bonds. The summed E-state index contributed by atoms with van der Waals surface area (Å²) in [6, 6.07) is 1.94. The van der Waals surface area contributed by atoms with Crippen molar-refractivity contribution in [2.24, 2.45) is 0 Å². The molecule has 0 radical (unpaired) electrons. The lowest BCUT2D eigenvalue weighted by atomic mass is 10.2. The SMILES string of the molecule is CCCCc1nc(Cl)c(CN2CCCOC(Cn3cccn3)C2)[nH]1. The van der Waals surface area contributed by atoms with Crippen LogP contribution in [0.2, 0.25) is 5.15 Å². The van der Waals surface area contributed by atoms with Crippen molar-refractivity contribution in [3.8, 4) is 0 Å². The minimum absolute atomic E-state index is 0.147. The third-order valence-electron chi connectivity index (χ3n) is 4.31. The minimum atomic E-state index is 0.147. The number of halogens is 1. The molecule has 24 heavy (non-hydrogen) atoms. The van der Waals surface area contributed by atoms with E-state index in [-0.39, 0.29) is 6.10 Å². The maximum atomic E-state index is 6.32. The first kappa shape index (κ1) is 17.5. The Balaban J connectivity index is 1.59. The Morgan fingerprint density at radius 3 is 3.17 bits per heavy atom. The monoisotopic (exact) mass is 351 g/mol. The van der Waals surface area contributed by atoms with Gasteiger partial charge in [-0.3, -0.25) is 9.58 Å². The van der Waals surface area contributed by atoms with Crippen LogP contribution in [0.3, 0.4) is 0 Å². The Kier molecular flexibility index (Phi) is 6.29. The van der Waals surface area contributed by atoms with Gasteiger partial charge in [-0.1, -0.05) is 24.9 Å². The van der Waals surface area contributed by atoms with Gasteiger partial charge in [-0.15, -0.1) is 0 Å². The number of H-pyrrole nitrogens is 1. The third kappa shape index (κ3) is 4.82. The van der Waals surface area contributed by atoms with Gasteiger partial charge < -0.3 is 9.72 Å². The molecule has 7 heteroatoms. The number of aromatic nitrogens is 4. The molecule has 1 aliphatic rings. The molecule has 1 atom stereocenters. The normalized spacial score (nSPS) is 19.5. The number of ether oxygens (including phenoxy) is 1. The van der Waals surface area contributed by atoms with E-state index in [4.69, 9.17) is 16.3 Å². The van der Waals surface area contributed by atoms with Crippen molar-refractivity contribution in [1.29, 1.82) is 0 Å². The van der Waals surface area contributed by atoms with Crippen molar-refractivity contribution >= 4 is 11.6 Å². The lowest BCUT2D eigenvalue weighted by Crippen LogP contribution is -2.34. The van der Waals surface area contributed by atoms with Gasteiger partial charge in [0, 0.05) is 45.1 Å². The number of rotatable bonds is 7. The van der Waals surface area contributed by atoms with Crippen LogP contribution in [-0.4, -0.2) is 50.4 Å². The van der Waals surface area contributed by atoms with E-state index in [0.29, 0.717) is 5.15 Å². The molecule has 1 N–H and O–H groups in total. The summed E-state index contributed by atoms with van der Waals surface area (Å²) >= 11 is 6.32. The lowest BCUT2D eigenvalue weighted by molar-refractivity contribution is 0.0390.